The van der Waals surface area contributed by atoms with E-state index in [1.54, 1.807) is 6.20 Å². The van der Waals surface area contributed by atoms with E-state index in [4.69, 9.17) is 14.4 Å². The number of benzene rings is 4. The van der Waals surface area contributed by atoms with Crippen molar-refractivity contribution in [2.24, 2.45) is 0 Å². The smallest absolute Gasteiger partial charge is 0.216 e. The van der Waals surface area contributed by atoms with Crippen LogP contribution in [0.15, 0.2) is 132 Å². The zero-order chi connectivity index (χ0) is 35.8. The molecule has 9 aromatic rings. The quantitative estimate of drug-likeness (QED) is 0.165. The minimum absolute atomic E-state index is 0. The topological polar surface area (TPSA) is 64.7 Å². The third kappa shape index (κ3) is 6.92. The molecule has 0 aliphatic heterocycles. The molecule has 5 heterocycles. The molecule has 0 spiro atoms. The van der Waals surface area contributed by atoms with E-state index in [0.29, 0.717) is 5.71 Å². The van der Waals surface area contributed by atoms with Gasteiger partial charge in [-0.1, -0.05) is 59.5 Å². The molecular weight excluding hydrogens is 829 g/mol. The summed E-state index contributed by atoms with van der Waals surface area (Å²) in [7, 11) is 0. The second-order valence-corrected chi connectivity index (χ2v) is 13.1. The van der Waals surface area contributed by atoms with E-state index >= 15 is 0 Å². The maximum Gasteiger partial charge on any atom is 0.216 e. The van der Waals surface area contributed by atoms with Crippen LogP contribution < -0.4 is 0 Å². The average Bonchev–Trinajstić information content (AvgIpc) is 3.54. The molecule has 0 unspecified atom stereocenters. The Morgan fingerprint density at radius 3 is 2.15 bits per heavy atom. The molecular formula is C47H36IrN4O-2. The number of pyridine rings is 4. The van der Waals surface area contributed by atoms with Crippen LogP contribution in [0.2, 0.25) is 0 Å². The second-order valence-electron chi connectivity index (χ2n) is 13.1. The number of rotatable bonds is 4. The van der Waals surface area contributed by atoms with Crippen molar-refractivity contribution >= 4 is 33.0 Å². The van der Waals surface area contributed by atoms with Crippen LogP contribution in [0, 0.1) is 46.8 Å². The van der Waals surface area contributed by atoms with Crippen molar-refractivity contribution < 1.29 is 24.5 Å². The summed E-state index contributed by atoms with van der Waals surface area (Å²) < 4.78 is 6.25. The van der Waals surface area contributed by atoms with E-state index in [2.05, 4.69) is 104 Å². The molecule has 0 amide bonds. The summed E-state index contributed by atoms with van der Waals surface area (Å²) in [5, 5.41) is 3.17. The van der Waals surface area contributed by atoms with Gasteiger partial charge >= 0.3 is 0 Å². The molecule has 5 aromatic heterocycles. The van der Waals surface area contributed by atoms with Crippen LogP contribution in [0.5, 0.6) is 0 Å². The summed E-state index contributed by atoms with van der Waals surface area (Å²) in [6.07, 6.45) is 3.73. The van der Waals surface area contributed by atoms with Crippen molar-refractivity contribution in [1.29, 1.82) is 0 Å². The second kappa shape index (κ2) is 15.0. The van der Waals surface area contributed by atoms with Crippen molar-refractivity contribution in [3.05, 3.63) is 168 Å². The van der Waals surface area contributed by atoms with E-state index < -0.39 is 0 Å². The Morgan fingerprint density at radius 2 is 1.38 bits per heavy atom. The average molecular weight is 865 g/mol. The van der Waals surface area contributed by atoms with Gasteiger partial charge in [-0.25, -0.2) is 9.97 Å². The van der Waals surface area contributed by atoms with Gasteiger partial charge in [0.1, 0.15) is 0 Å². The first-order valence-electron chi connectivity index (χ1n) is 17.4. The summed E-state index contributed by atoms with van der Waals surface area (Å²) >= 11 is 0. The van der Waals surface area contributed by atoms with Crippen molar-refractivity contribution in [3.8, 4) is 44.9 Å². The van der Waals surface area contributed by atoms with Gasteiger partial charge in [0.15, 0.2) is 0 Å². The molecule has 0 N–H and O–H groups in total. The number of fused-ring (bicyclic) bond motifs is 4. The molecule has 9 rings (SSSR count). The van der Waals surface area contributed by atoms with Crippen molar-refractivity contribution in [1.82, 2.24) is 19.9 Å². The SMILES string of the molecule is Cc1ccc2c(n1)oc1c(-c3cc(-c4ccc5nc(-c6c(C)cccc6C)ccc5c4C)c(C)cn3)[c-]ccc12.[Ir].[c-]1ccccc1-c1ccccn1. The molecule has 0 aliphatic rings. The predicted molar refractivity (Wildman–Crippen MR) is 212 cm³/mol. The first-order valence-corrected chi connectivity index (χ1v) is 17.4. The number of nitrogens with zero attached hydrogens (tertiary/aromatic N) is 4. The van der Waals surface area contributed by atoms with Gasteiger partial charge in [-0.05, 0) is 110 Å². The fourth-order valence-electron chi connectivity index (χ4n) is 6.93. The molecule has 6 heteroatoms. The first kappa shape index (κ1) is 35.6. The predicted octanol–water partition coefficient (Wildman–Crippen LogP) is 11.8. The van der Waals surface area contributed by atoms with E-state index in [-0.39, 0.29) is 20.1 Å². The molecule has 5 nitrogen and oxygen atoms in total. The molecule has 0 fully saturated rings. The standard InChI is InChI=1S/C36H28N3O.C11H8N.Ir/c1-20-8-6-9-21(2)34(20)32-17-15-26-24(5)25(14-16-31(26)39-32)30-18-33(37-19-22(30)3)29-11-7-10-27-28-13-12-23(4)38-36(28)40-35(27)29;1-2-6-10(7-3-1)11-8-4-5-9-12-11;/h6-10,12-19H,1-5H3;1-6,8-9H;/q2*-1;. The molecule has 0 atom stereocenters. The van der Waals surface area contributed by atoms with Crippen molar-refractivity contribution in [3.63, 3.8) is 0 Å². The third-order valence-electron chi connectivity index (χ3n) is 9.62. The maximum atomic E-state index is 6.25. The monoisotopic (exact) mass is 865 g/mol. The van der Waals surface area contributed by atoms with Crippen LogP contribution in [-0.2, 0) is 20.1 Å². The number of hydrogen-bond acceptors (Lipinski definition) is 5. The Hall–Kier alpha value is -5.81. The minimum atomic E-state index is 0. The van der Waals surface area contributed by atoms with Crippen LogP contribution in [0.3, 0.4) is 0 Å². The number of hydrogen-bond donors (Lipinski definition) is 0. The molecule has 0 saturated heterocycles. The largest absolute Gasteiger partial charge is 0.486 e. The summed E-state index contributed by atoms with van der Waals surface area (Å²) in [4.78, 5) is 18.7. The number of aromatic nitrogens is 4. The van der Waals surface area contributed by atoms with Gasteiger partial charge in [-0.15, -0.1) is 54.1 Å². The van der Waals surface area contributed by atoms with Gasteiger partial charge in [-0.3, -0.25) is 0 Å². The van der Waals surface area contributed by atoms with Crippen LogP contribution in [0.4, 0.5) is 0 Å². The van der Waals surface area contributed by atoms with E-state index in [9.17, 15) is 0 Å². The maximum absolute atomic E-state index is 6.25. The van der Waals surface area contributed by atoms with E-state index in [1.165, 1.54) is 27.8 Å². The molecule has 53 heavy (non-hydrogen) atoms. The van der Waals surface area contributed by atoms with E-state index in [0.717, 1.165) is 72.3 Å². The first-order chi connectivity index (χ1) is 25.4. The van der Waals surface area contributed by atoms with Gasteiger partial charge in [0.2, 0.25) is 5.71 Å². The van der Waals surface area contributed by atoms with Crippen LogP contribution >= 0.6 is 0 Å². The molecule has 0 saturated carbocycles. The molecule has 1 radical (unpaired) electrons. The van der Waals surface area contributed by atoms with Gasteiger partial charge in [-0.2, -0.15) is 0 Å². The molecule has 0 bridgehead atoms. The van der Waals surface area contributed by atoms with Crippen LogP contribution in [0.25, 0.3) is 77.9 Å². The van der Waals surface area contributed by atoms with Crippen LogP contribution in [0.1, 0.15) is 27.9 Å². The summed E-state index contributed by atoms with van der Waals surface area (Å²) in [5.41, 5.74) is 16.3. The van der Waals surface area contributed by atoms with Crippen molar-refractivity contribution in [2.45, 2.75) is 34.6 Å². The minimum Gasteiger partial charge on any atom is -0.486 e. The fraction of sp³-hybridized carbons (Fsp3) is 0.106. The number of furan rings is 1. The van der Waals surface area contributed by atoms with Crippen LogP contribution in [-0.4, -0.2) is 19.9 Å². The Labute approximate surface area is 323 Å². The zero-order valence-electron chi connectivity index (χ0n) is 30.2. The van der Waals surface area contributed by atoms with Gasteiger partial charge in [0, 0.05) is 54.5 Å². The normalized spacial score (nSPS) is 11.0. The summed E-state index contributed by atoms with van der Waals surface area (Å²) in [6, 6.07) is 45.5. The molecule has 0 aliphatic carbocycles. The third-order valence-corrected chi connectivity index (χ3v) is 9.62. The van der Waals surface area contributed by atoms with Crippen molar-refractivity contribution in [2.75, 3.05) is 0 Å². The number of aryl methyl sites for hydroxylation is 5. The van der Waals surface area contributed by atoms with Gasteiger partial charge in [0.25, 0.3) is 0 Å². The Kier molecular flexibility index (Phi) is 10.1. The Morgan fingerprint density at radius 1 is 0.566 bits per heavy atom. The Balaban J connectivity index is 0.000000284. The summed E-state index contributed by atoms with van der Waals surface area (Å²) in [6.45, 7) is 10.5. The fourth-order valence-corrected chi connectivity index (χ4v) is 6.93. The van der Waals surface area contributed by atoms with Gasteiger partial charge in [0.05, 0.1) is 16.8 Å². The summed E-state index contributed by atoms with van der Waals surface area (Å²) in [5.74, 6) is 0. The molecule has 4 aromatic carbocycles. The molecule has 261 valence electrons. The Bertz CT molecular complexity index is 2680. The van der Waals surface area contributed by atoms with E-state index in [1.807, 2.05) is 73.8 Å². The van der Waals surface area contributed by atoms with Gasteiger partial charge < -0.3 is 14.4 Å². The zero-order valence-corrected chi connectivity index (χ0v) is 32.5.